The van der Waals surface area contributed by atoms with Crippen LogP contribution >= 0.6 is 0 Å². The van der Waals surface area contributed by atoms with Gasteiger partial charge >= 0.3 is 0 Å². The third kappa shape index (κ3) is 2.48. The number of amides is 1. The van der Waals surface area contributed by atoms with Gasteiger partial charge in [0.25, 0.3) is 5.91 Å². The highest BCUT2D eigenvalue weighted by molar-refractivity contribution is 5.93. The molecule has 0 atom stereocenters. The number of carbonyl (C=O) groups is 1. The lowest BCUT2D eigenvalue weighted by molar-refractivity contribution is 0.0537. The lowest BCUT2D eigenvalue weighted by atomic mass is 10.2. The van der Waals surface area contributed by atoms with Crippen molar-refractivity contribution < 1.29 is 9.63 Å². The van der Waals surface area contributed by atoms with Gasteiger partial charge in [0.1, 0.15) is 0 Å². The maximum atomic E-state index is 11.2. The van der Waals surface area contributed by atoms with Gasteiger partial charge in [-0.15, -0.1) is 0 Å². The molecule has 0 bridgehead atoms. The summed E-state index contributed by atoms with van der Waals surface area (Å²) in [7, 11) is 1.35. The van der Waals surface area contributed by atoms with Gasteiger partial charge in [0.2, 0.25) is 0 Å². The summed E-state index contributed by atoms with van der Waals surface area (Å²) in [6.07, 6.45) is 0. The molecule has 6 heteroatoms. The summed E-state index contributed by atoms with van der Waals surface area (Å²) in [6, 6.07) is 6.17. The molecule has 0 aromatic heterocycles. The van der Waals surface area contributed by atoms with Crippen molar-refractivity contribution in [1.82, 2.24) is 5.48 Å². The Morgan fingerprint density at radius 2 is 2.14 bits per heavy atom. The predicted molar refractivity (Wildman–Crippen MR) is 49.7 cm³/mol. The van der Waals surface area contributed by atoms with E-state index in [1.807, 2.05) is 0 Å². The van der Waals surface area contributed by atoms with Crippen molar-refractivity contribution >= 4 is 11.6 Å². The van der Waals surface area contributed by atoms with Crippen LogP contribution in [0.15, 0.2) is 29.4 Å². The second kappa shape index (κ2) is 4.86. The first-order chi connectivity index (χ1) is 6.77. The fourth-order valence-electron chi connectivity index (χ4n) is 0.883. The van der Waals surface area contributed by atoms with Crippen LogP contribution in [0.4, 0.5) is 5.69 Å². The second-order valence-corrected chi connectivity index (χ2v) is 2.37. The van der Waals surface area contributed by atoms with Gasteiger partial charge in [0, 0.05) is 16.2 Å². The average Bonchev–Trinajstić information content (AvgIpc) is 2.20. The quantitative estimate of drug-likeness (QED) is 0.343. The first kappa shape index (κ1) is 10.0. The predicted octanol–water partition coefficient (Wildman–Crippen LogP) is 1.92. The topological polar surface area (TPSA) is 87.1 Å². The highest BCUT2D eigenvalue weighted by Gasteiger charge is 2.02. The Bertz CT molecular complexity index is 367. The van der Waals surface area contributed by atoms with E-state index in [0.717, 1.165) is 0 Å². The summed E-state index contributed by atoms with van der Waals surface area (Å²) in [5.74, 6) is -0.347. The molecule has 0 heterocycles. The van der Waals surface area contributed by atoms with E-state index >= 15 is 0 Å². The molecule has 1 N–H and O–H groups in total. The van der Waals surface area contributed by atoms with Crippen molar-refractivity contribution in [2.45, 2.75) is 0 Å². The number of hydroxylamine groups is 1. The summed E-state index contributed by atoms with van der Waals surface area (Å²) < 4.78 is 0. The van der Waals surface area contributed by atoms with Crippen molar-refractivity contribution in [3.8, 4) is 0 Å². The first-order valence-electron chi connectivity index (χ1n) is 3.76. The molecule has 0 aliphatic rings. The molecule has 1 rings (SSSR count). The lowest BCUT2D eigenvalue weighted by Crippen LogP contribution is -2.21. The summed E-state index contributed by atoms with van der Waals surface area (Å²) >= 11 is 0. The fraction of sp³-hybridized carbons (Fsp3) is 0.125. The SMILES string of the molecule is CONC(=O)c1ccc(N=[N+]=[N-])cc1. The van der Waals surface area contributed by atoms with Gasteiger partial charge < -0.3 is 0 Å². The van der Waals surface area contributed by atoms with E-state index in [4.69, 9.17) is 5.53 Å². The maximum absolute atomic E-state index is 11.2. The molecule has 0 aliphatic heterocycles. The zero-order valence-electron chi connectivity index (χ0n) is 7.47. The summed E-state index contributed by atoms with van der Waals surface area (Å²) in [4.78, 5) is 18.2. The molecular weight excluding hydrogens is 184 g/mol. The smallest absolute Gasteiger partial charge is 0.274 e. The molecule has 0 saturated carbocycles. The van der Waals surface area contributed by atoms with Crippen LogP contribution in [0.1, 0.15) is 10.4 Å². The summed E-state index contributed by atoms with van der Waals surface area (Å²) in [5.41, 5.74) is 11.2. The molecule has 1 aromatic carbocycles. The van der Waals surface area contributed by atoms with Crippen LogP contribution < -0.4 is 5.48 Å². The Labute approximate surface area is 80.1 Å². The fourth-order valence-corrected chi connectivity index (χ4v) is 0.883. The van der Waals surface area contributed by atoms with E-state index in [2.05, 4.69) is 20.3 Å². The maximum Gasteiger partial charge on any atom is 0.274 e. The molecule has 72 valence electrons. The Morgan fingerprint density at radius 1 is 1.50 bits per heavy atom. The molecule has 0 saturated heterocycles. The Balaban J connectivity index is 2.82. The Hall–Kier alpha value is -2.04. The Morgan fingerprint density at radius 3 is 2.64 bits per heavy atom. The van der Waals surface area contributed by atoms with E-state index in [0.29, 0.717) is 11.3 Å². The molecular formula is C8H8N4O2. The van der Waals surface area contributed by atoms with Crippen LogP contribution in [0, 0.1) is 0 Å². The van der Waals surface area contributed by atoms with E-state index in [-0.39, 0.29) is 5.91 Å². The van der Waals surface area contributed by atoms with Crippen LogP contribution in [0.2, 0.25) is 0 Å². The number of rotatable bonds is 3. The number of benzene rings is 1. The van der Waals surface area contributed by atoms with Crippen LogP contribution in [0.25, 0.3) is 10.4 Å². The van der Waals surface area contributed by atoms with E-state index in [1.54, 1.807) is 24.3 Å². The minimum Gasteiger partial charge on any atom is -0.277 e. The number of hydrogen-bond acceptors (Lipinski definition) is 3. The third-order valence-corrected chi connectivity index (χ3v) is 1.48. The summed E-state index contributed by atoms with van der Waals surface area (Å²) in [5, 5.41) is 3.37. The first-order valence-corrected chi connectivity index (χ1v) is 3.76. The number of azide groups is 1. The monoisotopic (exact) mass is 192 g/mol. The van der Waals surface area contributed by atoms with E-state index < -0.39 is 0 Å². The zero-order valence-corrected chi connectivity index (χ0v) is 7.47. The van der Waals surface area contributed by atoms with Crippen molar-refractivity contribution in [3.63, 3.8) is 0 Å². The highest BCUT2D eigenvalue weighted by Crippen LogP contribution is 2.12. The molecule has 0 aliphatic carbocycles. The number of nitrogens with one attached hydrogen (secondary N) is 1. The minimum atomic E-state index is -0.347. The molecule has 1 aromatic rings. The molecule has 1 amide bonds. The molecule has 0 radical (unpaired) electrons. The van der Waals surface area contributed by atoms with Crippen molar-refractivity contribution in [2.75, 3.05) is 7.11 Å². The van der Waals surface area contributed by atoms with Gasteiger partial charge in [-0.1, -0.05) is 17.2 Å². The van der Waals surface area contributed by atoms with Gasteiger partial charge in [-0.2, -0.15) is 0 Å². The molecule has 0 fully saturated rings. The average molecular weight is 192 g/mol. The van der Waals surface area contributed by atoms with Crippen LogP contribution in [0.3, 0.4) is 0 Å². The normalized spacial score (nSPS) is 8.93. The molecule has 0 unspecified atom stereocenters. The molecule has 14 heavy (non-hydrogen) atoms. The number of hydrogen-bond donors (Lipinski definition) is 1. The Kier molecular flexibility index (Phi) is 3.49. The van der Waals surface area contributed by atoms with Crippen LogP contribution in [-0.4, -0.2) is 13.0 Å². The largest absolute Gasteiger partial charge is 0.277 e. The standard InChI is InChI=1S/C8H8N4O2/c1-14-11-8(13)6-2-4-7(5-3-6)10-12-9/h2-5H,1H3,(H,11,13). The number of carbonyl (C=O) groups excluding carboxylic acids is 1. The minimum absolute atomic E-state index is 0.347. The van der Waals surface area contributed by atoms with Crippen molar-refractivity contribution in [2.24, 2.45) is 5.11 Å². The van der Waals surface area contributed by atoms with Crippen LogP contribution in [-0.2, 0) is 4.84 Å². The van der Waals surface area contributed by atoms with Crippen molar-refractivity contribution in [3.05, 3.63) is 40.3 Å². The van der Waals surface area contributed by atoms with Gasteiger partial charge in [-0.3, -0.25) is 9.63 Å². The molecule has 0 spiro atoms. The van der Waals surface area contributed by atoms with Gasteiger partial charge in [0.15, 0.2) is 0 Å². The summed E-state index contributed by atoms with van der Waals surface area (Å²) in [6.45, 7) is 0. The van der Waals surface area contributed by atoms with E-state index in [1.165, 1.54) is 7.11 Å². The second-order valence-electron chi connectivity index (χ2n) is 2.37. The highest BCUT2D eigenvalue weighted by atomic mass is 16.6. The van der Waals surface area contributed by atoms with Gasteiger partial charge in [-0.25, -0.2) is 5.48 Å². The lowest BCUT2D eigenvalue weighted by Gasteiger charge is -2.01. The van der Waals surface area contributed by atoms with Crippen molar-refractivity contribution in [1.29, 1.82) is 0 Å². The van der Waals surface area contributed by atoms with E-state index in [9.17, 15) is 4.79 Å². The van der Waals surface area contributed by atoms with Gasteiger partial charge in [-0.05, 0) is 17.7 Å². The van der Waals surface area contributed by atoms with Crippen LogP contribution in [0.5, 0.6) is 0 Å². The zero-order chi connectivity index (χ0) is 10.4. The number of nitrogens with zero attached hydrogens (tertiary/aromatic N) is 3. The third-order valence-electron chi connectivity index (χ3n) is 1.48. The van der Waals surface area contributed by atoms with Gasteiger partial charge in [0.05, 0.1) is 7.11 Å². The molecule has 6 nitrogen and oxygen atoms in total.